The molecule has 1 aliphatic carbocycles. The molecular weight excluding hydrogens is 401 g/mol. The van der Waals surface area contributed by atoms with Gasteiger partial charge in [-0.3, -0.25) is 15.1 Å². The van der Waals surface area contributed by atoms with Crippen molar-refractivity contribution in [2.24, 2.45) is 0 Å². The van der Waals surface area contributed by atoms with Crippen molar-refractivity contribution in [1.29, 1.82) is 0 Å². The van der Waals surface area contributed by atoms with E-state index >= 15 is 0 Å². The van der Waals surface area contributed by atoms with Gasteiger partial charge < -0.3 is 10.1 Å². The molecule has 0 unspecified atom stereocenters. The largest absolute Gasteiger partial charge is 0.494 e. The van der Waals surface area contributed by atoms with Gasteiger partial charge in [-0.05, 0) is 38.0 Å². The third-order valence-electron chi connectivity index (χ3n) is 5.48. The Balaban J connectivity index is 1.72. The first-order valence-electron chi connectivity index (χ1n) is 9.59. The Morgan fingerprint density at radius 2 is 1.97 bits per heavy atom. The Morgan fingerprint density at radius 1 is 1.19 bits per heavy atom. The van der Waals surface area contributed by atoms with Crippen LogP contribution >= 0.6 is 0 Å². The average Bonchev–Trinajstić information content (AvgIpc) is 3.17. The number of nitrogens with one attached hydrogen (secondary N) is 1. The number of hydrogen-bond acceptors (Lipinski definition) is 7. The lowest BCUT2D eigenvalue weighted by molar-refractivity contribution is -0.387. The lowest BCUT2D eigenvalue weighted by Crippen LogP contribution is -2.05. The maximum atomic E-state index is 13.9. The lowest BCUT2D eigenvalue weighted by atomic mass is 9.96. The monoisotopic (exact) mass is 421 g/mol. The Kier molecular flexibility index (Phi) is 5.10. The van der Waals surface area contributed by atoms with Crippen molar-refractivity contribution in [1.82, 2.24) is 15.0 Å². The summed E-state index contributed by atoms with van der Waals surface area (Å²) in [6, 6.07) is 3.82. The van der Waals surface area contributed by atoms with Crippen molar-refractivity contribution in [3.63, 3.8) is 0 Å². The number of nitro benzene ring substituents is 1. The molecule has 0 aliphatic heterocycles. The van der Waals surface area contributed by atoms with Crippen LogP contribution in [0.5, 0.6) is 5.75 Å². The van der Waals surface area contributed by atoms with Gasteiger partial charge in [0.2, 0.25) is 11.8 Å². The summed E-state index contributed by atoms with van der Waals surface area (Å²) in [5.41, 5.74) is 6.59. The number of rotatable bonds is 5. The maximum absolute atomic E-state index is 13.9. The van der Waals surface area contributed by atoms with Crippen LogP contribution in [0.25, 0.3) is 5.57 Å². The van der Waals surface area contributed by atoms with Crippen molar-refractivity contribution in [3.8, 4) is 5.75 Å². The fourth-order valence-electron chi connectivity index (χ4n) is 3.70. The number of allylic oxidation sites excluding steroid dienone is 1. The van der Waals surface area contributed by atoms with Crippen molar-refractivity contribution in [3.05, 3.63) is 80.2 Å². The van der Waals surface area contributed by atoms with E-state index in [1.165, 1.54) is 7.11 Å². The normalized spacial score (nSPS) is 12.4. The second-order valence-corrected chi connectivity index (χ2v) is 7.24. The van der Waals surface area contributed by atoms with Gasteiger partial charge in [-0.15, -0.1) is 0 Å². The zero-order valence-electron chi connectivity index (χ0n) is 17.5. The fourth-order valence-corrected chi connectivity index (χ4v) is 3.70. The van der Waals surface area contributed by atoms with Crippen molar-refractivity contribution < 1.29 is 14.1 Å². The van der Waals surface area contributed by atoms with Gasteiger partial charge in [-0.1, -0.05) is 6.08 Å². The quantitative estimate of drug-likeness (QED) is 0.475. The van der Waals surface area contributed by atoms with E-state index in [1.54, 1.807) is 12.3 Å². The Morgan fingerprint density at radius 3 is 2.68 bits per heavy atom. The number of methoxy groups -OCH3 is 1. The Hall–Kier alpha value is -3.88. The first-order chi connectivity index (χ1) is 14.8. The molecule has 4 rings (SSSR count). The van der Waals surface area contributed by atoms with Crippen LogP contribution in [-0.4, -0.2) is 27.0 Å². The van der Waals surface area contributed by atoms with Gasteiger partial charge in [-0.25, -0.2) is 9.97 Å². The van der Waals surface area contributed by atoms with Crippen molar-refractivity contribution in [2.75, 3.05) is 12.4 Å². The summed E-state index contributed by atoms with van der Waals surface area (Å²) >= 11 is 0. The van der Waals surface area contributed by atoms with E-state index in [0.29, 0.717) is 5.69 Å². The number of aromatic nitrogens is 3. The predicted molar refractivity (Wildman–Crippen MR) is 114 cm³/mol. The number of halogens is 1. The number of nitro groups is 1. The van der Waals surface area contributed by atoms with E-state index in [9.17, 15) is 14.5 Å². The number of hydrogen-bond donors (Lipinski definition) is 1. The molecule has 2 heterocycles. The molecule has 0 spiro atoms. The van der Waals surface area contributed by atoms with Crippen LogP contribution in [0.15, 0.2) is 30.5 Å². The van der Waals surface area contributed by atoms with Crippen LogP contribution in [0, 0.1) is 36.7 Å². The van der Waals surface area contributed by atoms with E-state index < -0.39 is 16.4 Å². The minimum atomic E-state index is -0.983. The highest BCUT2D eigenvalue weighted by atomic mass is 19.1. The van der Waals surface area contributed by atoms with Crippen LogP contribution in [0.4, 0.5) is 21.7 Å². The maximum Gasteiger partial charge on any atom is 0.307 e. The number of anilines is 2. The summed E-state index contributed by atoms with van der Waals surface area (Å²) in [4.78, 5) is 23.8. The molecule has 0 amide bonds. The molecule has 9 heteroatoms. The van der Waals surface area contributed by atoms with Gasteiger partial charge in [0.05, 0.1) is 29.1 Å². The molecule has 0 saturated heterocycles. The van der Waals surface area contributed by atoms with Crippen LogP contribution in [0.2, 0.25) is 0 Å². The second kappa shape index (κ2) is 7.75. The van der Waals surface area contributed by atoms with Gasteiger partial charge in [-0.2, -0.15) is 4.39 Å². The van der Waals surface area contributed by atoms with Gasteiger partial charge in [0, 0.05) is 41.6 Å². The van der Waals surface area contributed by atoms with Gasteiger partial charge in [0.25, 0.3) is 0 Å². The summed E-state index contributed by atoms with van der Waals surface area (Å²) in [5.74, 6) is -0.669. The summed E-state index contributed by atoms with van der Waals surface area (Å²) in [6.07, 6.45) is 4.40. The van der Waals surface area contributed by atoms with Crippen molar-refractivity contribution in [2.45, 2.75) is 27.2 Å². The SMILES string of the molecule is COc1cc(F)c([N+](=O)[O-])cc1Nc1nccc(C2=CCc3nc(C)c(C)c(C)c32)n1. The highest BCUT2D eigenvalue weighted by Gasteiger charge is 2.23. The van der Waals surface area contributed by atoms with E-state index in [2.05, 4.69) is 35.2 Å². The van der Waals surface area contributed by atoms with Crippen LogP contribution in [0.1, 0.15) is 33.8 Å². The molecule has 8 nitrogen and oxygen atoms in total. The highest BCUT2D eigenvalue weighted by Crippen LogP contribution is 2.36. The van der Waals surface area contributed by atoms with Gasteiger partial charge in [0.15, 0.2) is 0 Å². The molecule has 3 aromatic rings. The summed E-state index contributed by atoms with van der Waals surface area (Å²) in [5, 5.41) is 14.0. The number of pyridine rings is 1. The topological polar surface area (TPSA) is 103 Å². The summed E-state index contributed by atoms with van der Waals surface area (Å²) in [6.45, 7) is 6.13. The third-order valence-corrected chi connectivity index (χ3v) is 5.48. The molecule has 0 bridgehead atoms. The first-order valence-corrected chi connectivity index (χ1v) is 9.59. The highest BCUT2D eigenvalue weighted by molar-refractivity contribution is 5.85. The smallest absolute Gasteiger partial charge is 0.307 e. The third kappa shape index (κ3) is 3.58. The molecular formula is C22H20FN5O3. The molecule has 31 heavy (non-hydrogen) atoms. The summed E-state index contributed by atoms with van der Waals surface area (Å²) < 4.78 is 19.1. The molecule has 1 aromatic carbocycles. The minimum Gasteiger partial charge on any atom is -0.494 e. The first kappa shape index (κ1) is 20.4. The number of ether oxygens (including phenoxy) is 1. The van der Waals surface area contributed by atoms with Crippen LogP contribution in [0.3, 0.4) is 0 Å². The average molecular weight is 421 g/mol. The van der Waals surface area contributed by atoms with E-state index in [4.69, 9.17) is 9.72 Å². The molecule has 1 aliphatic rings. The lowest BCUT2D eigenvalue weighted by Gasteiger charge is -2.14. The molecule has 1 N–H and O–H groups in total. The van der Waals surface area contributed by atoms with Crippen molar-refractivity contribution >= 4 is 22.9 Å². The molecule has 0 saturated carbocycles. The fraction of sp³-hybridized carbons (Fsp3) is 0.227. The summed E-state index contributed by atoms with van der Waals surface area (Å²) in [7, 11) is 1.35. The standard InChI is InChI=1S/C22H20FN5O3/c1-11-12(2)21-14(5-6-17(21)25-13(11)3)16-7-8-24-22(26-16)27-18-10-19(28(29)30)15(23)9-20(18)31-4/h5,7-10H,6H2,1-4H3,(H,24,26,27). The van der Waals surface area contributed by atoms with E-state index in [-0.39, 0.29) is 17.4 Å². The molecule has 0 fully saturated rings. The number of benzene rings is 1. The number of aryl methyl sites for hydroxylation is 1. The second-order valence-electron chi connectivity index (χ2n) is 7.24. The van der Waals surface area contributed by atoms with E-state index in [0.717, 1.165) is 52.2 Å². The van der Waals surface area contributed by atoms with Gasteiger partial charge >= 0.3 is 5.69 Å². The zero-order valence-corrected chi connectivity index (χ0v) is 17.5. The van der Waals surface area contributed by atoms with Crippen LogP contribution in [-0.2, 0) is 6.42 Å². The minimum absolute atomic E-state index is 0.105. The zero-order chi connectivity index (χ0) is 22.3. The molecule has 0 atom stereocenters. The van der Waals surface area contributed by atoms with E-state index in [1.807, 2.05) is 6.92 Å². The Bertz CT molecular complexity index is 1260. The Labute approximate surface area is 178 Å². The molecule has 0 radical (unpaired) electrons. The van der Waals surface area contributed by atoms with Crippen LogP contribution < -0.4 is 10.1 Å². The molecule has 2 aromatic heterocycles. The number of fused-ring (bicyclic) bond motifs is 1. The van der Waals surface area contributed by atoms with Gasteiger partial charge in [0.1, 0.15) is 5.75 Å². The predicted octanol–water partition coefficient (Wildman–Crippen LogP) is 4.58. The number of nitrogens with zero attached hydrogens (tertiary/aromatic N) is 4. The molecule has 158 valence electrons.